The Morgan fingerprint density at radius 2 is 2.00 bits per heavy atom. The summed E-state index contributed by atoms with van der Waals surface area (Å²) in [6.45, 7) is 0.196. The molecule has 1 aromatic heterocycles. The van der Waals surface area contributed by atoms with Gasteiger partial charge in [-0.15, -0.1) is 0 Å². The van der Waals surface area contributed by atoms with Crippen molar-refractivity contribution in [3.05, 3.63) is 53.3 Å². The molecule has 0 unspecified atom stereocenters. The van der Waals surface area contributed by atoms with Crippen LogP contribution in [0.3, 0.4) is 0 Å². The minimum absolute atomic E-state index is 0.0725. The first kappa shape index (κ1) is 10.8. The lowest BCUT2D eigenvalue weighted by Crippen LogP contribution is -2.00. The van der Waals surface area contributed by atoms with Crippen molar-refractivity contribution in [2.24, 2.45) is 0 Å². The van der Waals surface area contributed by atoms with E-state index in [4.69, 9.17) is 16.3 Å². The first-order valence-electron chi connectivity index (χ1n) is 4.59. The molecule has 0 amide bonds. The average Bonchev–Trinajstić information content (AvgIpc) is 2.32. The molecule has 5 heteroatoms. The van der Waals surface area contributed by atoms with Gasteiger partial charge in [0.25, 0.3) is 0 Å². The van der Waals surface area contributed by atoms with E-state index in [9.17, 15) is 4.39 Å². The van der Waals surface area contributed by atoms with Crippen molar-refractivity contribution in [3.63, 3.8) is 0 Å². The molecule has 0 N–H and O–H groups in total. The maximum Gasteiger partial charge on any atom is 0.166 e. The van der Waals surface area contributed by atoms with E-state index < -0.39 is 5.82 Å². The van der Waals surface area contributed by atoms with Crippen molar-refractivity contribution in [2.45, 2.75) is 6.61 Å². The predicted molar refractivity (Wildman–Crippen MR) is 57.8 cm³/mol. The number of aromatic nitrogens is 2. The molecule has 0 bridgehead atoms. The summed E-state index contributed by atoms with van der Waals surface area (Å²) in [4.78, 5) is 7.96. The molecule has 1 aromatic carbocycles. The highest BCUT2D eigenvalue weighted by Gasteiger charge is 2.02. The van der Waals surface area contributed by atoms with E-state index in [-0.39, 0.29) is 11.6 Å². The summed E-state index contributed by atoms with van der Waals surface area (Å²) in [5.74, 6) is 0.431. The molecule has 16 heavy (non-hydrogen) atoms. The molecular formula is C11H8ClFN2O. The van der Waals surface area contributed by atoms with Crippen molar-refractivity contribution < 1.29 is 9.13 Å². The second-order valence-corrected chi connectivity index (χ2v) is 3.44. The van der Waals surface area contributed by atoms with Gasteiger partial charge in [-0.2, -0.15) is 0 Å². The van der Waals surface area contributed by atoms with E-state index in [1.165, 1.54) is 12.1 Å². The van der Waals surface area contributed by atoms with Gasteiger partial charge in [-0.05, 0) is 18.2 Å². The largest absolute Gasteiger partial charge is 0.486 e. The molecular weight excluding hydrogens is 231 g/mol. The summed E-state index contributed by atoms with van der Waals surface area (Å²) < 4.78 is 18.4. The van der Waals surface area contributed by atoms with Crippen molar-refractivity contribution in [1.82, 2.24) is 9.97 Å². The Labute approximate surface area is 96.9 Å². The third-order valence-electron chi connectivity index (χ3n) is 1.88. The minimum atomic E-state index is -0.506. The molecule has 0 aliphatic rings. The van der Waals surface area contributed by atoms with Gasteiger partial charge in [0.2, 0.25) is 0 Å². The molecule has 0 atom stereocenters. The number of rotatable bonds is 3. The second kappa shape index (κ2) is 4.90. The molecule has 82 valence electrons. The molecule has 0 spiro atoms. The maximum absolute atomic E-state index is 13.1. The van der Waals surface area contributed by atoms with E-state index in [2.05, 4.69) is 9.97 Å². The molecule has 2 aromatic rings. The number of hydrogen-bond donors (Lipinski definition) is 0. The van der Waals surface area contributed by atoms with Gasteiger partial charge >= 0.3 is 0 Å². The summed E-state index contributed by atoms with van der Waals surface area (Å²) in [5.41, 5.74) is 0. The number of halogens is 2. The van der Waals surface area contributed by atoms with E-state index in [0.29, 0.717) is 11.6 Å². The SMILES string of the molecule is Fc1cc(OCc2ncccn2)ccc1Cl. The molecule has 0 fully saturated rings. The van der Waals surface area contributed by atoms with Crippen LogP contribution in [0.4, 0.5) is 4.39 Å². The van der Waals surface area contributed by atoms with Crippen LogP contribution < -0.4 is 4.74 Å². The smallest absolute Gasteiger partial charge is 0.166 e. The fraction of sp³-hybridized carbons (Fsp3) is 0.0909. The van der Waals surface area contributed by atoms with Gasteiger partial charge in [-0.1, -0.05) is 11.6 Å². The number of nitrogens with zero attached hydrogens (tertiary/aromatic N) is 2. The van der Waals surface area contributed by atoms with Crippen molar-refractivity contribution in [2.75, 3.05) is 0 Å². The van der Waals surface area contributed by atoms with Gasteiger partial charge in [0, 0.05) is 18.5 Å². The topological polar surface area (TPSA) is 35.0 Å². The maximum atomic E-state index is 13.1. The van der Waals surface area contributed by atoms with E-state index in [1.54, 1.807) is 24.5 Å². The Kier molecular flexibility index (Phi) is 3.31. The lowest BCUT2D eigenvalue weighted by Gasteiger charge is -2.05. The molecule has 3 nitrogen and oxygen atoms in total. The predicted octanol–water partition coefficient (Wildman–Crippen LogP) is 2.85. The first-order chi connectivity index (χ1) is 7.75. The zero-order chi connectivity index (χ0) is 11.4. The van der Waals surface area contributed by atoms with Crippen molar-refractivity contribution in [1.29, 1.82) is 0 Å². The van der Waals surface area contributed by atoms with Crippen LogP contribution in [0.15, 0.2) is 36.7 Å². The highest BCUT2D eigenvalue weighted by molar-refractivity contribution is 6.30. The zero-order valence-electron chi connectivity index (χ0n) is 8.23. The number of ether oxygens (including phenoxy) is 1. The highest BCUT2D eigenvalue weighted by Crippen LogP contribution is 2.20. The third-order valence-corrected chi connectivity index (χ3v) is 2.18. The van der Waals surface area contributed by atoms with Crippen molar-refractivity contribution in [3.8, 4) is 5.75 Å². The standard InChI is InChI=1S/C11H8ClFN2O/c12-9-3-2-8(6-10(9)13)16-7-11-14-4-1-5-15-11/h1-6H,7H2. The van der Waals surface area contributed by atoms with Gasteiger partial charge in [-0.3, -0.25) is 0 Å². The molecule has 0 saturated carbocycles. The van der Waals surface area contributed by atoms with Crippen LogP contribution in [0.2, 0.25) is 5.02 Å². The Balaban J connectivity index is 2.03. The molecule has 2 rings (SSSR count). The fourth-order valence-electron chi connectivity index (χ4n) is 1.12. The number of hydrogen-bond acceptors (Lipinski definition) is 3. The molecule has 0 radical (unpaired) electrons. The van der Waals surface area contributed by atoms with Gasteiger partial charge in [0.1, 0.15) is 18.2 Å². The van der Waals surface area contributed by atoms with E-state index in [0.717, 1.165) is 0 Å². The van der Waals surface area contributed by atoms with Crippen LogP contribution in [0, 0.1) is 5.82 Å². The van der Waals surface area contributed by atoms with Crippen LogP contribution in [-0.2, 0) is 6.61 Å². The van der Waals surface area contributed by atoms with Crippen LogP contribution >= 0.6 is 11.6 Å². The minimum Gasteiger partial charge on any atom is -0.486 e. The lowest BCUT2D eigenvalue weighted by molar-refractivity contribution is 0.294. The second-order valence-electron chi connectivity index (χ2n) is 3.03. The van der Waals surface area contributed by atoms with E-state index >= 15 is 0 Å². The van der Waals surface area contributed by atoms with Crippen LogP contribution in [-0.4, -0.2) is 9.97 Å². The Bertz CT molecular complexity index is 479. The van der Waals surface area contributed by atoms with Crippen LogP contribution in [0.1, 0.15) is 5.82 Å². The third kappa shape index (κ3) is 2.67. The molecule has 0 aliphatic carbocycles. The monoisotopic (exact) mass is 238 g/mol. The van der Waals surface area contributed by atoms with E-state index in [1.807, 2.05) is 0 Å². The molecule has 0 saturated heterocycles. The normalized spacial score (nSPS) is 10.1. The molecule has 0 aliphatic heterocycles. The van der Waals surface area contributed by atoms with Gasteiger partial charge < -0.3 is 4.74 Å². The quantitative estimate of drug-likeness (QED) is 0.825. The summed E-state index contributed by atoms with van der Waals surface area (Å²) >= 11 is 5.54. The lowest BCUT2D eigenvalue weighted by atomic mass is 10.3. The Hall–Kier alpha value is -1.68. The summed E-state index contributed by atoms with van der Waals surface area (Å²) in [5, 5.41) is 0.0725. The summed E-state index contributed by atoms with van der Waals surface area (Å²) in [7, 11) is 0. The van der Waals surface area contributed by atoms with Gasteiger partial charge in [0.05, 0.1) is 5.02 Å². The fourth-order valence-corrected chi connectivity index (χ4v) is 1.24. The van der Waals surface area contributed by atoms with Crippen LogP contribution in [0.5, 0.6) is 5.75 Å². The van der Waals surface area contributed by atoms with Gasteiger partial charge in [-0.25, -0.2) is 14.4 Å². The Morgan fingerprint density at radius 1 is 1.25 bits per heavy atom. The van der Waals surface area contributed by atoms with Gasteiger partial charge in [0.15, 0.2) is 5.82 Å². The van der Waals surface area contributed by atoms with Crippen LogP contribution in [0.25, 0.3) is 0 Å². The average molecular weight is 239 g/mol. The summed E-state index contributed by atoms with van der Waals surface area (Å²) in [6, 6.07) is 5.98. The highest BCUT2D eigenvalue weighted by atomic mass is 35.5. The molecule has 1 heterocycles. The number of benzene rings is 1. The van der Waals surface area contributed by atoms with Crippen molar-refractivity contribution >= 4 is 11.6 Å². The summed E-state index contributed by atoms with van der Waals surface area (Å²) in [6.07, 6.45) is 3.24. The Morgan fingerprint density at radius 3 is 2.69 bits per heavy atom. The first-order valence-corrected chi connectivity index (χ1v) is 4.97. The zero-order valence-corrected chi connectivity index (χ0v) is 8.99.